The Morgan fingerprint density at radius 3 is 2.68 bits per heavy atom. The van der Waals surface area contributed by atoms with Gasteiger partial charge in [0.1, 0.15) is 0 Å². The van der Waals surface area contributed by atoms with Crippen molar-refractivity contribution in [3.05, 3.63) is 0 Å². The van der Waals surface area contributed by atoms with Gasteiger partial charge in [0.15, 0.2) is 0 Å². The minimum Gasteiger partial charge on any atom is -0.341 e. The maximum Gasteiger partial charge on any atom is 0.222 e. The van der Waals surface area contributed by atoms with Gasteiger partial charge in [0, 0.05) is 26.1 Å². The molecule has 0 radical (unpaired) electrons. The molecule has 0 spiro atoms. The molecule has 1 rings (SSSR count). The van der Waals surface area contributed by atoms with E-state index in [0.29, 0.717) is 18.2 Å². The normalized spacial score (nSPS) is 19.2. The lowest BCUT2D eigenvalue weighted by Gasteiger charge is -2.23. The van der Waals surface area contributed by atoms with E-state index in [4.69, 9.17) is 5.73 Å². The molecule has 1 aliphatic rings. The Labute approximate surface area is 118 Å². The van der Waals surface area contributed by atoms with Gasteiger partial charge >= 0.3 is 0 Å². The fourth-order valence-corrected chi connectivity index (χ4v) is 2.50. The van der Waals surface area contributed by atoms with E-state index in [2.05, 4.69) is 23.6 Å². The number of nitrogens with two attached hydrogens (primary N) is 1. The second-order valence-corrected chi connectivity index (χ2v) is 5.79. The van der Waals surface area contributed by atoms with Crippen LogP contribution in [0.1, 0.15) is 46.0 Å². The zero-order valence-corrected chi connectivity index (χ0v) is 12.7. The highest BCUT2D eigenvalue weighted by molar-refractivity contribution is 5.76. The van der Waals surface area contributed by atoms with Crippen LogP contribution < -0.4 is 5.73 Å². The van der Waals surface area contributed by atoms with E-state index >= 15 is 0 Å². The summed E-state index contributed by atoms with van der Waals surface area (Å²) < 4.78 is 0. The van der Waals surface area contributed by atoms with Crippen LogP contribution in [0.25, 0.3) is 0 Å². The lowest BCUT2D eigenvalue weighted by molar-refractivity contribution is -0.132. The molecular formula is C15H31N3O. The van der Waals surface area contributed by atoms with Crippen LogP contribution in [-0.2, 0) is 4.79 Å². The van der Waals surface area contributed by atoms with Gasteiger partial charge in [-0.3, -0.25) is 4.79 Å². The first kappa shape index (κ1) is 16.4. The molecule has 1 aliphatic heterocycles. The van der Waals surface area contributed by atoms with E-state index in [1.165, 1.54) is 6.42 Å². The third-order valence-corrected chi connectivity index (χ3v) is 4.09. The Morgan fingerprint density at radius 2 is 2.00 bits per heavy atom. The first-order valence-corrected chi connectivity index (χ1v) is 7.87. The van der Waals surface area contributed by atoms with Gasteiger partial charge in [-0.1, -0.05) is 20.3 Å². The van der Waals surface area contributed by atoms with Gasteiger partial charge in [-0.25, -0.2) is 0 Å². The quantitative estimate of drug-likeness (QED) is 0.716. The minimum absolute atomic E-state index is 0.346. The van der Waals surface area contributed by atoms with E-state index in [0.717, 1.165) is 58.5 Å². The molecule has 1 atom stereocenters. The van der Waals surface area contributed by atoms with Gasteiger partial charge in [0.05, 0.1) is 0 Å². The van der Waals surface area contributed by atoms with Crippen molar-refractivity contribution in [2.75, 3.05) is 39.3 Å². The van der Waals surface area contributed by atoms with Gasteiger partial charge in [0.2, 0.25) is 5.91 Å². The summed E-state index contributed by atoms with van der Waals surface area (Å²) in [4.78, 5) is 16.7. The molecule has 1 amide bonds. The van der Waals surface area contributed by atoms with Crippen LogP contribution >= 0.6 is 0 Å². The fraction of sp³-hybridized carbons (Fsp3) is 0.933. The molecule has 112 valence electrons. The first-order chi connectivity index (χ1) is 9.17. The lowest BCUT2D eigenvalue weighted by Crippen LogP contribution is -2.36. The molecule has 4 nitrogen and oxygen atoms in total. The highest BCUT2D eigenvalue weighted by atomic mass is 16.2. The number of hydrogen-bond acceptors (Lipinski definition) is 3. The molecule has 0 saturated carbocycles. The maximum atomic E-state index is 12.2. The van der Waals surface area contributed by atoms with Crippen LogP contribution in [0.15, 0.2) is 0 Å². The molecule has 0 aromatic carbocycles. The molecule has 4 heteroatoms. The van der Waals surface area contributed by atoms with Crippen LogP contribution in [-0.4, -0.2) is 55.0 Å². The van der Waals surface area contributed by atoms with Crippen LogP contribution in [0.3, 0.4) is 0 Å². The smallest absolute Gasteiger partial charge is 0.222 e. The Bertz CT molecular complexity index is 258. The average molecular weight is 269 g/mol. The molecule has 1 unspecified atom stereocenters. The summed E-state index contributed by atoms with van der Waals surface area (Å²) in [6.07, 6.45) is 5.19. The zero-order chi connectivity index (χ0) is 14.1. The first-order valence-electron chi connectivity index (χ1n) is 7.87. The second kappa shape index (κ2) is 9.32. The average Bonchev–Trinajstić information content (AvgIpc) is 2.64. The number of hydrogen-bond donors (Lipinski definition) is 1. The number of nitrogens with zero attached hydrogens (tertiary/aromatic N) is 2. The van der Waals surface area contributed by atoms with Crippen molar-refractivity contribution in [2.24, 2.45) is 11.7 Å². The van der Waals surface area contributed by atoms with Crippen LogP contribution in [0.2, 0.25) is 0 Å². The molecule has 0 aromatic rings. The summed E-state index contributed by atoms with van der Waals surface area (Å²) in [6.45, 7) is 10.2. The number of unbranched alkanes of at least 4 members (excludes halogenated alkanes) is 1. The third kappa shape index (κ3) is 6.39. The number of rotatable bonds is 7. The van der Waals surface area contributed by atoms with Crippen molar-refractivity contribution in [3.63, 3.8) is 0 Å². The maximum absolute atomic E-state index is 12.2. The molecule has 1 saturated heterocycles. The molecule has 0 aliphatic carbocycles. The number of amides is 1. The van der Waals surface area contributed by atoms with E-state index in [9.17, 15) is 4.79 Å². The predicted octanol–water partition coefficient (Wildman–Crippen LogP) is 1.70. The summed E-state index contributed by atoms with van der Waals surface area (Å²) in [5.41, 5.74) is 5.52. The minimum atomic E-state index is 0.346. The van der Waals surface area contributed by atoms with E-state index in [1.54, 1.807) is 0 Å². The lowest BCUT2D eigenvalue weighted by atomic mass is 10.0. The Kier molecular flexibility index (Phi) is 8.07. The van der Waals surface area contributed by atoms with Crippen molar-refractivity contribution in [1.82, 2.24) is 9.80 Å². The largest absolute Gasteiger partial charge is 0.341 e. The molecule has 2 N–H and O–H groups in total. The summed E-state index contributed by atoms with van der Waals surface area (Å²) in [5.74, 6) is 0.856. The second-order valence-electron chi connectivity index (χ2n) is 5.79. The van der Waals surface area contributed by atoms with Crippen molar-refractivity contribution in [2.45, 2.75) is 46.0 Å². The summed E-state index contributed by atoms with van der Waals surface area (Å²) in [6, 6.07) is 0. The highest BCUT2D eigenvalue weighted by Gasteiger charge is 2.19. The van der Waals surface area contributed by atoms with Gasteiger partial charge in [0.25, 0.3) is 0 Å². The molecule has 0 bridgehead atoms. The summed E-state index contributed by atoms with van der Waals surface area (Å²) >= 11 is 0. The monoisotopic (exact) mass is 269 g/mol. The van der Waals surface area contributed by atoms with Crippen molar-refractivity contribution in [1.29, 1.82) is 0 Å². The van der Waals surface area contributed by atoms with E-state index < -0.39 is 0 Å². The summed E-state index contributed by atoms with van der Waals surface area (Å²) in [5, 5.41) is 0. The third-order valence-electron chi connectivity index (χ3n) is 4.09. The van der Waals surface area contributed by atoms with Crippen LogP contribution in [0, 0.1) is 5.92 Å². The molecule has 1 fully saturated rings. The van der Waals surface area contributed by atoms with Gasteiger partial charge in [-0.2, -0.15) is 0 Å². The number of carbonyl (C=O) groups excluding carboxylic acids is 1. The Morgan fingerprint density at radius 1 is 1.21 bits per heavy atom. The Balaban J connectivity index is 2.30. The topological polar surface area (TPSA) is 49.6 Å². The Hall–Kier alpha value is -0.610. The van der Waals surface area contributed by atoms with Crippen molar-refractivity contribution < 1.29 is 4.79 Å². The highest BCUT2D eigenvalue weighted by Crippen LogP contribution is 2.11. The molecular weight excluding hydrogens is 238 g/mol. The van der Waals surface area contributed by atoms with Crippen LogP contribution in [0.5, 0.6) is 0 Å². The molecule has 0 aromatic heterocycles. The van der Waals surface area contributed by atoms with E-state index in [-0.39, 0.29) is 0 Å². The zero-order valence-electron chi connectivity index (χ0n) is 12.7. The summed E-state index contributed by atoms with van der Waals surface area (Å²) in [7, 11) is 0. The van der Waals surface area contributed by atoms with Crippen LogP contribution in [0.4, 0.5) is 0 Å². The molecule has 19 heavy (non-hydrogen) atoms. The van der Waals surface area contributed by atoms with E-state index in [1.807, 2.05) is 0 Å². The molecule has 1 heterocycles. The predicted molar refractivity (Wildman–Crippen MR) is 80.0 cm³/mol. The fourth-order valence-electron chi connectivity index (χ4n) is 2.50. The van der Waals surface area contributed by atoms with Gasteiger partial charge < -0.3 is 15.5 Å². The van der Waals surface area contributed by atoms with Gasteiger partial charge in [-0.15, -0.1) is 0 Å². The SMILES string of the molecule is CCC(C)CC(=O)N1CCCN(CCCCN)CC1. The number of carbonyl (C=O) groups is 1. The standard InChI is InChI=1S/C15H31N3O/c1-3-14(2)13-15(19)18-10-6-9-17(11-12-18)8-5-4-7-16/h14H,3-13,16H2,1-2H3. The van der Waals surface area contributed by atoms with Crippen molar-refractivity contribution in [3.8, 4) is 0 Å². The van der Waals surface area contributed by atoms with Gasteiger partial charge in [-0.05, 0) is 44.8 Å². The van der Waals surface area contributed by atoms with Crippen molar-refractivity contribution >= 4 is 5.91 Å².